The molecule has 180 valence electrons. The van der Waals surface area contributed by atoms with Gasteiger partial charge in [-0.15, -0.1) is 10.2 Å². The van der Waals surface area contributed by atoms with E-state index in [-0.39, 0.29) is 23.6 Å². The molecular formula is C26H26FN5O2S. The number of nitrogens with one attached hydrogen (secondary N) is 1. The highest BCUT2D eigenvalue weighted by Gasteiger charge is 2.26. The number of thioether (sulfide) groups is 1. The Morgan fingerprint density at radius 2 is 2.03 bits per heavy atom. The van der Waals surface area contributed by atoms with Gasteiger partial charge in [-0.25, -0.2) is 4.39 Å². The number of benzene rings is 2. The van der Waals surface area contributed by atoms with Crippen molar-refractivity contribution in [2.24, 2.45) is 0 Å². The summed E-state index contributed by atoms with van der Waals surface area (Å²) in [4.78, 5) is 18.6. The maximum absolute atomic E-state index is 13.5. The quantitative estimate of drug-likeness (QED) is 0.404. The fraction of sp³-hybridized carbons (Fsp3) is 0.346. The third-order valence-electron chi connectivity index (χ3n) is 6.79. The van der Waals surface area contributed by atoms with Crippen LogP contribution in [0.25, 0.3) is 22.3 Å². The molecule has 1 unspecified atom stereocenters. The molecule has 4 aromatic rings. The first kappa shape index (κ1) is 22.3. The number of rotatable bonds is 6. The Kier molecular flexibility index (Phi) is 6.03. The maximum atomic E-state index is 13.5. The SMILES string of the molecule is O=C(CSc1nnc(-c2ccc(F)cc2)n1CC1CCCO1)N1CCc2[nH]c3ccccc3c2C1. The van der Waals surface area contributed by atoms with E-state index in [2.05, 4.69) is 27.3 Å². The van der Waals surface area contributed by atoms with Gasteiger partial charge in [0, 0.05) is 53.8 Å². The summed E-state index contributed by atoms with van der Waals surface area (Å²) in [6.07, 6.45) is 2.92. The number of H-pyrrole nitrogens is 1. The van der Waals surface area contributed by atoms with Crippen molar-refractivity contribution in [2.45, 2.75) is 43.6 Å². The van der Waals surface area contributed by atoms with Crippen molar-refractivity contribution in [3.8, 4) is 11.4 Å². The highest BCUT2D eigenvalue weighted by molar-refractivity contribution is 7.99. The Hall–Kier alpha value is -3.17. The summed E-state index contributed by atoms with van der Waals surface area (Å²) in [5.74, 6) is 0.738. The molecule has 7 nitrogen and oxygen atoms in total. The molecule has 0 aliphatic carbocycles. The minimum absolute atomic E-state index is 0.0842. The van der Waals surface area contributed by atoms with Gasteiger partial charge in [-0.3, -0.25) is 9.36 Å². The number of nitrogens with zero attached hydrogens (tertiary/aromatic N) is 4. The Labute approximate surface area is 206 Å². The minimum atomic E-state index is -0.293. The molecule has 1 amide bonds. The van der Waals surface area contributed by atoms with Gasteiger partial charge in [-0.1, -0.05) is 30.0 Å². The molecule has 1 N–H and O–H groups in total. The highest BCUT2D eigenvalue weighted by Crippen LogP contribution is 2.30. The molecule has 0 saturated carbocycles. The largest absolute Gasteiger partial charge is 0.376 e. The second-order valence-corrected chi connectivity index (χ2v) is 9.98. The van der Waals surface area contributed by atoms with Crippen LogP contribution in [0.3, 0.4) is 0 Å². The van der Waals surface area contributed by atoms with Crippen molar-refractivity contribution in [2.75, 3.05) is 18.9 Å². The van der Waals surface area contributed by atoms with Crippen LogP contribution in [0.15, 0.2) is 53.7 Å². The number of hydrogen-bond donors (Lipinski definition) is 1. The maximum Gasteiger partial charge on any atom is 0.233 e. The van der Waals surface area contributed by atoms with Crippen LogP contribution in [0.2, 0.25) is 0 Å². The van der Waals surface area contributed by atoms with Crippen molar-refractivity contribution < 1.29 is 13.9 Å². The lowest BCUT2D eigenvalue weighted by Crippen LogP contribution is -2.37. The van der Waals surface area contributed by atoms with Crippen LogP contribution < -0.4 is 0 Å². The van der Waals surface area contributed by atoms with Gasteiger partial charge in [0.25, 0.3) is 0 Å². The number of ether oxygens (including phenoxy) is 1. The molecule has 4 heterocycles. The van der Waals surface area contributed by atoms with Gasteiger partial charge in [0.05, 0.1) is 18.4 Å². The molecule has 0 radical (unpaired) electrons. The second kappa shape index (κ2) is 9.47. The molecular weight excluding hydrogens is 465 g/mol. The lowest BCUT2D eigenvalue weighted by molar-refractivity contribution is -0.129. The van der Waals surface area contributed by atoms with Gasteiger partial charge in [0.1, 0.15) is 5.82 Å². The number of carbonyl (C=O) groups excluding carboxylic acids is 1. The predicted octanol–water partition coefficient (Wildman–Crippen LogP) is 4.42. The molecule has 2 aliphatic heterocycles. The Morgan fingerprint density at radius 1 is 1.17 bits per heavy atom. The van der Waals surface area contributed by atoms with Crippen LogP contribution >= 0.6 is 11.8 Å². The number of aromatic nitrogens is 4. The lowest BCUT2D eigenvalue weighted by atomic mass is 10.0. The first-order chi connectivity index (χ1) is 17.2. The lowest BCUT2D eigenvalue weighted by Gasteiger charge is -2.27. The number of fused-ring (bicyclic) bond motifs is 3. The number of aromatic amines is 1. The van der Waals surface area contributed by atoms with Crippen molar-refractivity contribution >= 4 is 28.6 Å². The molecule has 2 aromatic heterocycles. The number of halogens is 1. The van der Waals surface area contributed by atoms with E-state index < -0.39 is 0 Å². The number of carbonyl (C=O) groups is 1. The van der Waals surface area contributed by atoms with Crippen LogP contribution in [0.1, 0.15) is 24.1 Å². The average molecular weight is 492 g/mol. The van der Waals surface area contributed by atoms with Crippen LogP contribution in [-0.4, -0.2) is 55.6 Å². The van der Waals surface area contributed by atoms with E-state index in [4.69, 9.17) is 4.74 Å². The first-order valence-corrected chi connectivity index (χ1v) is 12.9. The Bertz CT molecular complexity index is 1360. The highest BCUT2D eigenvalue weighted by atomic mass is 32.2. The van der Waals surface area contributed by atoms with E-state index in [1.54, 1.807) is 12.1 Å². The average Bonchev–Trinajstić information content (AvgIpc) is 3.62. The third-order valence-corrected chi connectivity index (χ3v) is 7.74. The molecule has 35 heavy (non-hydrogen) atoms. The standard InChI is InChI=1S/C26H26FN5O2S/c27-18-9-7-17(8-10-18)25-29-30-26(32(25)14-19-4-3-13-34-19)35-16-24(33)31-12-11-23-21(15-31)20-5-1-2-6-22(20)28-23/h1-2,5-10,19,28H,3-4,11-16H2. The van der Waals surface area contributed by atoms with Crippen molar-refractivity contribution in [1.82, 2.24) is 24.6 Å². The molecule has 2 aliphatic rings. The fourth-order valence-electron chi connectivity index (χ4n) is 4.96. The third kappa shape index (κ3) is 4.46. The molecule has 2 aromatic carbocycles. The summed E-state index contributed by atoms with van der Waals surface area (Å²) in [5, 5.41) is 10.7. The van der Waals surface area contributed by atoms with E-state index in [0.717, 1.165) is 36.9 Å². The van der Waals surface area contributed by atoms with Crippen LogP contribution in [0.5, 0.6) is 0 Å². The molecule has 1 atom stereocenters. The van der Waals surface area contributed by atoms with E-state index >= 15 is 0 Å². The second-order valence-electron chi connectivity index (χ2n) is 9.04. The van der Waals surface area contributed by atoms with Gasteiger partial charge >= 0.3 is 0 Å². The van der Waals surface area contributed by atoms with E-state index in [1.165, 1.54) is 40.5 Å². The zero-order valence-electron chi connectivity index (χ0n) is 19.2. The van der Waals surface area contributed by atoms with Crippen molar-refractivity contribution in [1.29, 1.82) is 0 Å². The Balaban J connectivity index is 1.19. The van der Waals surface area contributed by atoms with Crippen molar-refractivity contribution in [3.05, 3.63) is 65.6 Å². The van der Waals surface area contributed by atoms with Gasteiger partial charge in [-0.05, 0) is 43.2 Å². The van der Waals surface area contributed by atoms with Gasteiger partial charge in [0.15, 0.2) is 11.0 Å². The summed E-state index contributed by atoms with van der Waals surface area (Å²) < 4.78 is 21.3. The molecule has 0 spiro atoms. The van der Waals surface area contributed by atoms with Crippen LogP contribution in [-0.2, 0) is 29.0 Å². The number of amides is 1. The van der Waals surface area contributed by atoms with Gasteiger partial charge < -0.3 is 14.6 Å². The van der Waals surface area contributed by atoms with Crippen LogP contribution in [0, 0.1) is 5.82 Å². The molecule has 1 saturated heterocycles. The summed E-state index contributed by atoms with van der Waals surface area (Å²) in [6, 6.07) is 14.5. The number of para-hydroxylation sites is 1. The summed E-state index contributed by atoms with van der Waals surface area (Å²) in [6.45, 7) is 2.67. The summed E-state index contributed by atoms with van der Waals surface area (Å²) in [5.41, 5.74) is 4.35. The van der Waals surface area contributed by atoms with Crippen LogP contribution in [0.4, 0.5) is 4.39 Å². The first-order valence-electron chi connectivity index (χ1n) is 12.0. The van der Waals surface area contributed by atoms with E-state index in [9.17, 15) is 9.18 Å². The summed E-state index contributed by atoms with van der Waals surface area (Å²) in [7, 11) is 0. The minimum Gasteiger partial charge on any atom is -0.376 e. The van der Waals surface area contributed by atoms with Crippen molar-refractivity contribution in [3.63, 3.8) is 0 Å². The Morgan fingerprint density at radius 3 is 2.86 bits per heavy atom. The fourth-order valence-corrected chi connectivity index (χ4v) is 5.81. The monoisotopic (exact) mass is 491 g/mol. The summed E-state index contributed by atoms with van der Waals surface area (Å²) >= 11 is 1.40. The van der Waals surface area contributed by atoms with Gasteiger partial charge in [0.2, 0.25) is 5.91 Å². The van der Waals surface area contributed by atoms with E-state index in [0.29, 0.717) is 30.6 Å². The predicted molar refractivity (Wildman–Crippen MR) is 133 cm³/mol. The molecule has 9 heteroatoms. The molecule has 0 bridgehead atoms. The van der Waals surface area contributed by atoms with Gasteiger partial charge in [-0.2, -0.15) is 0 Å². The molecule has 6 rings (SSSR count). The topological polar surface area (TPSA) is 76.0 Å². The smallest absolute Gasteiger partial charge is 0.233 e. The normalized spacial score (nSPS) is 17.7. The van der Waals surface area contributed by atoms with E-state index in [1.807, 2.05) is 21.6 Å². The number of hydrogen-bond acceptors (Lipinski definition) is 5. The zero-order chi connectivity index (χ0) is 23.8. The molecule has 1 fully saturated rings. The zero-order valence-corrected chi connectivity index (χ0v) is 20.1.